The van der Waals surface area contributed by atoms with E-state index in [1.54, 1.807) is 6.92 Å². The van der Waals surface area contributed by atoms with Gasteiger partial charge in [-0.3, -0.25) is 8.51 Å². The quantitative estimate of drug-likeness (QED) is 0.576. The molecular formula is C4H9N2O3S-. The average Bonchev–Trinajstić information content (AvgIpc) is 1.81. The molecule has 0 fully saturated rings. The molecule has 1 atom stereocenters. The number of urea groups is 1. The highest BCUT2D eigenvalue weighted by Gasteiger charge is 2.06. The summed E-state index contributed by atoms with van der Waals surface area (Å²) in [6, 6.07) is -0.935. The van der Waals surface area contributed by atoms with E-state index in [0.717, 1.165) is 0 Å². The molecule has 10 heavy (non-hydrogen) atoms. The van der Waals surface area contributed by atoms with Crippen LogP contribution in [-0.4, -0.2) is 25.6 Å². The number of rotatable bonds is 3. The van der Waals surface area contributed by atoms with Gasteiger partial charge in [-0.1, -0.05) is 6.92 Å². The van der Waals surface area contributed by atoms with Gasteiger partial charge in [-0.05, 0) is 6.42 Å². The fraction of sp³-hybridized carbons (Fsp3) is 0.750. The minimum Gasteiger partial charge on any atom is -0.755 e. The van der Waals surface area contributed by atoms with E-state index in [2.05, 4.69) is 0 Å². The number of hydrogen-bond acceptors (Lipinski definition) is 3. The molecule has 0 aromatic carbocycles. The number of amides is 2. The molecule has 0 aromatic heterocycles. The van der Waals surface area contributed by atoms with E-state index in [1.165, 1.54) is 0 Å². The number of nitrogens with two attached hydrogens (primary N) is 1. The van der Waals surface area contributed by atoms with Crippen molar-refractivity contribution in [3.8, 4) is 0 Å². The molecule has 0 heterocycles. The molecule has 2 amide bonds. The minimum absolute atomic E-state index is 0.144. The lowest BCUT2D eigenvalue weighted by Crippen LogP contribution is -2.37. The second kappa shape index (κ2) is 4.24. The van der Waals surface area contributed by atoms with Crippen LogP contribution in [0.5, 0.6) is 0 Å². The normalized spacial score (nSPS) is 12.6. The van der Waals surface area contributed by atoms with Crippen LogP contribution in [0.25, 0.3) is 0 Å². The lowest BCUT2D eigenvalue weighted by Gasteiger charge is -2.20. The second-order valence-corrected chi connectivity index (χ2v) is 2.53. The first-order valence-electron chi connectivity index (χ1n) is 2.76. The topological polar surface area (TPSA) is 86.5 Å². The Hall–Kier alpha value is -0.620. The van der Waals surface area contributed by atoms with Crippen molar-refractivity contribution < 1.29 is 13.6 Å². The molecule has 6 heteroatoms. The van der Waals surface area contributed by atoms with Crippen molar-refractivity contribution in [2.75, 3.05) is 6.54 Å². The minimum atomic E-state index is -2.52. The van der Waals surface area contributed by atoms with E-state index in [-0.39, 0.29) is 6.54 Å². The van der Waals surface area contributed by atoms with Gasteiger partial charge in [0.05, 0.1) is 11.3 Å². The van der Waals surface area contributed by atoms with Crippen molar-refractivity contribution in [3.05, 3.63) is 0 Å². The molecule has 5 nitrogen and oxygen atoms in total. The zero-order chi connectivity index (χ0) is 8.15. The monoisotopic (exact) mass is 165 g/mol. The highest BCUT2D eigenvalue weighted by atomic mass is 32.2. The summed E-state index contributed by atoms with van der Waals surface area (Å²) in [4.78, 5) is 10.3. The Balaban J connectivity index is 3.98. The Kier molecular flexibility index (Phi) is 3.97. The van der Waals surface area contributed by atoms with Crippen molar-refractivity contribution in [2.45, 2.75) is 13.3 Å². The summed E-state index contributed by atoms with van der Waals surface area (Å²) in [5.74, 6) is 0. The molecule has 0 radical (unpaired) electrons. The predicted molar refractivity (Wildman–Crippen MR) is 35.5 cm³/mol. The van der Waals surface area contributed by atoms with E-state index >= 15 is 0 Å². The van der Waals surface area contributed by atoms with Crippen molar-refractivity contribution >= 4 is 17.3 Å². The van der Waals surface area contributed by atoms with Gasteiger partial charge in [0.25, 0.3) is 0 Å². The fourth-order valence-corrected chi connectivity index (χ4v) is 0.940. The van der Waals surface area contributed by atoms with Gasteiger partial charge in [-0.25, -0.2) is 4.79 Å². The molecule has 2 N–H and O–H groups in total. The molecule has 0 aliphatic carbocycles. The summed E-state index contributed by atoms with van der Waals surface area (Å²) in [6.45, 7) is 1.90. The highest BCUT2D eigenvalue weighted by molar-refractivity contribution is 7.77. The van der Waals surface area contributed by atoms with Crippen molar-refractivity contribution in [1.29, 1.82) is 0 Å². The van der Waals surface area contributed by atoms with E-state index in [0.29, 0.717) is 10.7 Å². The molecule has 0 saturated carbocycles. The van der Waals surface area contributed by atoms with E-state index in [9.17, 15) is 13.6 Å². The maximum atomic E-state index is 10.3. The van der Waals surface area contributed by atoms with Crippen LogP contribution in [0.4, 0.5) is 4.79 Å². The summed E-state index contributed by atoms with van der Waals surface area (Å²) in [6.07, 6.45) is 0.566. The molecule has 0 bridgehead atoms. The first-order valence-corrected chi connectivity index (χ1v) is 3.79. The van der Waals surface area contributed by atoms with Gasteiger partial charge in [-0.15, -0.1) is 0 Å². The Morgan fingerprint density at radius 3 is 2.40 bits per heavy atom. The van der Waals surface area contributed by atoms with Gasteiger partial charge in [0, 0.05) is 6.54 Å². The molecule has 0 spiro atoms. The summed E-state index contributed by atoms with van der Waals surface area (Å²) >= 11 is -2.52. The summed E-state index contributed by atoms with van der Waals surface area (Å²) in [5.41, 5.74) is 4.72. The number of nitrogens with zero attached hydrogens (tertiary/aromatic N) is 1. The molecule has 0 rings (SSSR count). The van der Waals surface area contributed by atoms with Gasteiger partial charge in [0.1, 0.15) is 0 Å². The van der Waals surface area contributed by atoms with Crippen molar-refractivity contribution in [1.82, 2.24) is 4.31 Å². The van der Waals surface area contributed by atoms with Gasteiger partial charge in [0.2, 0.25) is 0 Å². The van der Waals surface area contributed by atoms with Crippen LogP contribution in [0.15, 0.2) is 0 Å². The fourth-order valence-electron chi connectivity index (χ4n) is 0.461. The largest absolute Gasteiger partial charge is 0.755 e. The third-order valence-corrected chi connectivity index (χ3v) is 1.57. The lowest BCUT2D eigenvalue weighted by molar-refractivity contribution is 0.231. The zero-order valence-corrected chi connectivity index (χ0v) is 6.39. The van der Waals surface area contributed by atoms with Crippen LogP contribution < -0.4 is 5.73 Å². The average molecular weight is 165 g/mol. The lowest BCUT2D eigenvalue weighted by atomic mass is 10.5. The van der Waals surface area contributed by atoms with Gasteiger partial charge < -0.3 is 10.3 Å². The van der Waals surface area contributed by atoms with Gasteiger partial charge in [0.15, 0.2) is 0 Å². The van der Waals surface area contributed by atoms with Crippen molar-refractivity contribution in [2.24, 2.45) is 5.73 Å². The number of hydrogen-bond donors (Lipinski definition) is 1. The third-order valence-electron chi connectivity index (χ3n) is 0.852. The molecule has 0 saturated heterocycles. The molecule has 60 valence electrons. The first-order chi connectivity index (χ1) is 4.59. The SMILES string of the molecule is CCCN(C(N)=O)S(=O)[O-]. The molecule has 0 aliphatic rings. The molecule has 0 aromatic rings. The second-order valence-electron chi connectivity index (χ2n) is 1.66. The van der Waals surface area contributed by atoms with Crippen LogP contribution in [0.2, 0.25) is 0 Å². The molecule has 0 aliphatic heterocycles. The molecule has 1 unspecified atom stereocenters. The Morgan fingerprint density at radius 1 is 1.80 bits per heavy atom. The van der Waals surface area contributed by atoms with Gasteiger partial charge >= 0.3 is 6.03 Å². The predicted octanol–water partition coefficient (Wildman–Crippen LogP) is -0.429. The zero-order valence-electron chi connectivity index (χ0n) is 5.57. The third kappa shape index (κ3) is 2.79. The van der Waals surface area contributed by atoms with E-state index < -0.39 is 17.3 Å². The smallest absolute Gasteiger partial charge is 0.325 e. The number of carbonyl (C=O) groups is 1. The van der Waals surface area contributed by atoms with Crippen LogP contribution in [0, 0.1) is 0 Å². The van der Waals surface area contributed by atoms with Crippen LogP contribution in [-0.2, 0) is 11.3 Å². The molecular weight excluding hydrogens is 156 g/mol. The number of carbonyl (C=O) groups excluding carboxylic acids is 1. The van der Waals surface area contributed by atoms with Gasteiger partial charge in [-0.2, -0.15) is 0 Å². The Morgan fingerprint density at radius 2 is 2.30 bits per heavy atom. The first kappa shape index (κ1) is 9.38. The summed E-state index contributed by atoms with van der Waals surface area (Å²) in [5, 5.41) is 0. The summed E-state index contributed by atoms with van der Waals surface area (Å²) in [7, 11) is 0. The van der Waals surface area contributed by atoms with Crippen LogP contribution in [0.1, 0.15) is 13.3 Å². The van der Waals surface area contributed by atoms with Crippen molar-refractivity contribution in [3.63, 3.8) is 0 Å². The highest BCUT2D eigenvalue weighted by Crippen LogP contribution is 1.92. The Labute approximate surface area is 61.6 Å². The van der Waals surface area contributed by atoms with E-state index in [1.807, 2.05) is 0 Å². The Bertz CT molecular complexity index is 135. The number of primary amides is 1. The maximum Gasteiger partial charge on any atom is 0.325 e. The van der Waals surface area contributed by atoms with Crippen LogP contribution in [0.3, 0.4) is 0 Å². The van der Waals surface area contributed by atoms with Crippen LogP contribution >= 0.6 is 0 Å². The van der Waals surface area contributed by atoms with E-state index in [4.69, 9.17) is 5.73 Å². The summed E-state index contributed by atoms with van der Waals surface area (Å²) < 4.78 is 20.9. The standard InChI is InChI=1S/C4H10N2O3S/c1-2-3-6(4(5)7)10(8)9/h2-3H2,1H3,(H2,5,7)(H,8,9)/p-1. The maximum absolute atomic E-state index is 10.3.